The summed E-state index contributed by atoms with van der Waals surface area (Å²) in [5, 5.41) is 10.3. The van der Waals surface area contributed by atoms with Gasteiger partial charge >= 0.3 is 5.56 Å². The first kappa shape index (κ1) is 20.6. The summed E-state index contributed by atoms with van der Waals surface area (Å²) < 4.78 is 1.79. The second-order valence-corrected chi connectivity index (χ2v) is 9.31. The molecule has 1 aromatic heterocycles. The van der Waals surface area contributed by atoms with Crippen LogP contribution in [-0.4, -0.2) is 38.6 Å². The van der Waals surface area contributed by atoms with Crippen LogP contribution >= 0.6 is 0 Å². The molecule has 0 saturated heterocycles. The van der Waals surface area contributed by atoms with Crippen LogP contribution in [0.5, 0.6) is 5.75 Å². The second kappa shape index (κ2) is 7.25. The summed E-state index contributed by atoms with van der Waals surface area (Å²) in [6, 6.07) is 4.53. The number of likely N-dealkylation sites (N-methyl/N-ethyl adjacent to an activating group) is 1. The highest BCUT2D eigenvalue weighted by Gasteiger charge is 2.40. The first-order valence-corrected chi connectivity index (χ1v) is 10.8. The molecule has 1 N–H and O–H groups in total. The molecule has 6 heteroatoms. The fourth-order valence-electron chi connectivity index (χ4n) is 5.15. The van der Waals surface area contributed by atoms with Gasteiger partial charge in [-0.3, -0.25) is 9.59 Å². The number of amides is 1. The van der Waals surface area contributed by atoms with E-state index < -0.39 is 11.3 Å². The number of aryl methyl sites for hydroxylation is 2. The van der Waals surface area contributed by atoms with Gasteiger partial charge < -0.3 is 14.6 Å². The van der Waals surface area contributed by atoms with Crippen molar-refractivity contribution in [3.8, 4) is 5.75 Å². The van der Waals surface area contributed by atoms with Gasteiger partial charge in [0, 0.05) is 31.5 Å². The highest BCUT2D eigenvalue weighted by molar-refractivity contribution is 5.95. The normalized spacial score (nSPS) is 20.5. The van der Waals surface area contributed by atoms with Crippen LogP contribution in [0.25, 0.3) is 0 Å². The maximum atomic E-state index is 12.8. The predicted octanol–water partition coefficient (Wildman–Crippen LogP) is 3.40. The van der Waals surface area contributed by atoms with Crippen LogP contribution in [-0.2, 0) is 18.4 Å². The van der Waals surface area contributed by atoms with Crippen LogP contribution in [0, 0.1) is 20.8 Å². The van der Waals surface area contributed by atoms with Gasteiger partial charge in [0.25, 0.3) is 5.91 Å². The van der Waals surface area contributed by atoms with E-state index in [-0.39, 0.29) is 23.1 Å². The van der Waals surface area contributed by atoms with Crippen molar-refractivity contribution >= 4 is 5.91 Å². The predicted molar refractivity (Wildman–Crippen MR) is 116 cm³/mol. The summed E-state index contributed by atoms with van der Waals surface area (Å²) >= 11 is 0. The number of aromatic nitrogens is 2. The molecule has 2 aliphatic rings. The average molecular weight is 410 g/mol. The monoisotopic (exact) mass is 409 g/mol. The molecule has 0 bridgehead atoms. The molecule has 4 rings (SSSR count). The Balaban J connectivity index is 1.86. The van der Waals surface area contributed by atoms with Crippen molar-refractivity contribution < 1.29 is 9.90 Å². The van der Waals surface area contributed by atoms with Gasteiger partial charge in [0.1, 0.15) is 5.82 Å². The van der Waals surface area contributed by atoms with Crippen molar-refractivity contribution in [3.05, 3.63) is 56.3 Å². The first-order chi connectivity index (χ1) is 14.1. The SMILES string of the molecule is Cc1cc(C2(Cc3nc(=O)c(O)c4n3CC(C)N(C)C4=O)CCCC2)cc(C)c1C. The minimum absolute atomic E-state index is 0.0316. The third-order valence-electron chi connectivity index (χ3n) is 7.47. The van der Waals surface area contributed by atoms with Crippen LogP contribution in [0.3, 0.4) is 0 Å². The largest absolute Gasteiger partial charge is 0.501 e. The standard InChI is InChI=1S/C24H31N3O3/c1-14-10-18(11-15(2)17(14)4)24(8-6-7-9-24)12-19-25-22(29)21(28)20-23(30)26(5)16(3)13-27(19)20/h10-11,16,28H,6-9,12-13H2,1-5H3. The Kier molecular flexibility index (Phi) is 4.99. The van der Waals surface area contributed by atoms with Gasteiger partial charge in [-0.05, 0) is 62.8 Å². The quantitative estimate of drug-likeness (QED) is 0.843. The maximum Gasteiger partial charge on any atom is 0.315 e. The molecule has 30 heavy (non-hydrogen) atoms. The number of benzene rings is 1. The van der Waals surface area contributed by atoms with E-state index in [2.05, 4.69) is 37.9 Å². The van der Waals surface area contributed by atoms with E-state index in [0.717, 1.165) is 25.7 Å². The maximum absolute atomic E-state index is 12.8. The lowest BCUT2D eigenvalue weighted by atomic mass is 9.74. The van der Waals surface area contributed by atoms with Crippen molar-refractivity contribution in [3.63, 3.8) is 0 Å². The van der Waals surface area contributed by atoms with Crippen LogP contribution in [0.1, 0.15) is 71.2 Å². The third kappa shape index (κ3) is 3.13. The average Bonchev–Trinajstić information content (AvgIpc) is 3.17. The van der Waals surface area contributed by atoms with Gasteiger partial charge in [-0.1, -0.05) is 25.0 Å². The highest BCUT2D eigenvalue weighted by Crippen LogP contribution is 2.44. The molecule has 0 radical (unpaired) electrons. The molecule has 0 spiro atoms. The van der Waals surface area contributed by atoms with Crippen molar-refractivity contribution in [1.82, 2.24) is 14.5 Å². The number of nitrogens with zero attached hydrogens (tertiary/aromatic N) is 3. The smallest absolute Gasteiger partial charge is 0.315 e. The van der Waals surface area contributed by atoms with E-state index >= 15 is 0 Å². The summed E-state index contributed by atoms with van der Waals surface area (Å²) in [7, 11) is 1.71. The van der Waals surface area contributed by atoms with E-state index in [1.807, 2.05) is 6.92 Å². The lowest BCUT2D eigenvalue weighted by Crippen LogP contribution is -2.47. The Labute approximate surface area is 177 Å². The third-order valence-corrected chi connectivity index (χ3v) is 7.47. The van der Waals surface area contributed by atoms with Crippen LogP contribution < -0.4 is 5.56 Å². The Hall–Kier alpha value is -2.63. The number of aromatic hydroxyl groups is 1. The van der Waals surface area contributed by atoms with Crippen molar-refractivity contribution in [2.75, 3.05) is 7.05 Å². The van der Waals surface area contributed by atoms with Gasteiger partial charge in [0.2, 0.25) is 5.75 Å². The van der Waals surface area contributed by atoms with Crippen LogP contribution in [0.2, 0.25) is 0 Å². The van der Waals surface area contributed by atoms with Gasteiger partial charge in [0.15, 0.2) is 5.69 Å². The molecule has 2 aromatic rings. The molecule has 1 unspecified atom stereocenters. The molecule has 1 saturated carbocycles. The van der Waals surface area contributed by atoms with E-state index in [4.69, 9.17) is 0 Å². The fourth-order valence-corrected chi connectivity index (χ4v) is 5.15. The van der Waals surface area contributed by atoms with Gasteiger partial charge in [-0.15, -0.1) is 0 Å². The van der Waals surface area contributed by atoms with Crippen molar-refractivity contribution in [1.29, 1.82) is 0 Å². The number of hydrogen-bond donors (Lipinski definition) is 1. The number of rotatable bonds is 3. The number of carbonyl (C=O) groups is 1. The number of carbonyl (C=O) groups excluding carboxylic acids is 1. The summed E-state index contributed by atoms with van der Waals surface area (Å²) in [6.07, 6.45) is 4.94. The number of hydrogen-bond acceptors (Lipinski definition) is 4. The van der Waals surface area contributed by atoms with E-state index in [0.29, 0.717) is 18.8 Å². The molecular formula is C24H31N3O3. The molecule has 160 valence electrons. The van der Waals surface area contributed by atoms with Gasteiger partial charge in [-0.2, -0.15) is 4.98 Å². The zero-order chi connectivity index (χ0) is 21.8. The molecule has 1 atom stereocenters. The lowest BCUT2D eigenvalue weighted by Gasteiger charge is -2.36. The molecule has 1 aromatic carbocycles. The van der Waals surface area contributed by atoms with Gasteiger partial charge in [0.05, 0.1) is 0 Å². The zero-order valence-corrected chi connectivity index (χ0v) is 18.6. The van der Waals surface area contributed by atoms with E-state index in [1.54, 1.807) is 16.5 Å². The summed E-state index contributed by atoms with van der Waals surface area (Å²) in [5.41, 5.74) is 4.43. The highest BCUT2D eigenvalue weighted by atomic mass is 16.3. The fraction of sp³-hybridized carbons (Fsp3) is 0.542. The Morgan fingerprint density at radius 3 is 2.33 bits per heavy atom. The second-order valence-electron chi connectivity index (χ2n) is 9.31. The molecule has 1 amide bonds. The Bertz CT molecular complexity index is 1060. The van der Waals surface area contributed by atoms with Crippen molar-refractivity contribution in [2.45, 2.75) is 77.8 Å². The lowest BCUT2D eigenvalue weighted by molar-refractivity contribution is 0.0660. The van der Waals surface area contributed by atoms with Crippen molar-refractivity contribution in [2.24, 2.45) is 0 Å². The topological polar surface area (TPSA) is 75.4 Å². The zero-order valence-electron chi connectivity index (χ0n) is 18.6. The summed E-state index contributed by atoms with van der Waals surface area (Å²) in [5.74, 6) is -0.252. The van der Waals surface area contributed by atoms with Crippen LogP contribution in [0.15, 0.2) is 16.9 Å². The molecule has 2 heterocycles. The summed E-state index contributed by atoms with van der Waals surface area (Å²) in [4.78, 5) is 31.2. The van der Waals surface area contributed by atoms with Crippen LogP contribution in [0.4, 0.5) is 0 Å². The van der Waals surface area contributed by atoms with E-state index in [9.17, 15) is 14.7 Å². The summed E-state index contributed by atoms with van der Waals surface area (Å²) in [6.45, 7) is 8.94. The molecule has 6 nitrogen and oxygen atoms in total. The van der Waals surface area contributed by atoms with E-state index in [1.165, 1.54) is 22.3 Å². The molecule has 1 aliphatic heterocycles. The minimum atomic E-state index is -0.711. The Morgan fingerprint density at radius 1 is 1.13 bits per heavy atom. The molecule has 1 aliphatic carbocycles. The Morgan fingerprint density at radius 2 is 1.73 bits per heavy atom. The minimum Gasteiger partial charge on any atom is -0.501 e. The molecule has 1 fully saturated rings. The van der Waals surface area contributed by atoms with Gasteiger partial charge in [-0.25, -0.2) is 0 Å². The molecular weight excluding hydrogens is 378 g/mol. The number of fused-ring (bicyclic) bond motifs is 1. The first-order valence-electron chi connectivity index (χ1n) is 10.8.